The zero-order valence-electron chi connectivity index (χ0n) is 12.6. The second-order valence-electron chi connectivity index (χ2n) is 5.09. The number of anilines is 2. The first kappa shape index (κ1) is 16.9. The van der Waals surface area contributed by atoms with E-state index in [-0.39, 0.29) is 10.8 Å². The molecule has 3 aromatic rings. The average Bonchev–Trinajstić information content (AvgIpc) is 2.57. The Kier molecular flexibility index (Phi) is 4.43. The molecule has 0 radical (unpaired) electrons. The van der Waals surface area contributed by atoms with Crippen molar-refractivity contribution < 1.29 is 17.2 Å². The van der Waals surface area contributed by atoms with Gasteiger partial charge in [0.25, 0.3) is 0 Å². The minimum atomic E-state index is -3.77. The van der Waals surface area contributed by atoms with Crippen molar-refractivity contribution in [1.82, 2.24) is 9.97 Å². The molecule has 0 aliphatic rings. The fraction of sp³-hybridized carbons (Fsp3) is 0. The smallest absolute Gasteiger partial charge is 0.238 e. The van der Waals surface area contributed by atoms with Crippen molar-refractivity contribution >= 4 is 21.7 Å². The molecule has 9 heteroatoms. The molecule has 0 bridgehead atoms. The van der Waals surface area contributed by atoms with Crippen molar-refractivity contribution in [2.24, 2.45) is 5.14 Å². The molecule has 128 valence electrons. The van der Waals surface area contributed by atoms with Crippen molar-refractivity contribution in [3.63, 3.8) is 0 Å². The Labute approximate surface area is 142 Å². The fourth-order valence-corrected chi connectivity index (χ4v) is 2.61. The summed E-state index contributed by atoms with van der Waals surface area (Å²) in [5.41, 5.74) is 1.33. The van der Waals surface area contributed by atoms with Crippen LogP contribution in [0.15, 0.2) is 59.6 Å². The van der Waals surface area contributed by atoms with Gasteiger partial charge in [0.1, 0.15) is 0 Å². The fourth-order valence-electron chi connectivity index (χ4n) is 2.09. The molecule has 1 aromatic heterocycles. The Bertz CT molecular complexity index is 1020. The first-order chi connectivity index (χ1) is 11.8. The maximum atomic E-state index is 13.4. The summed E-state index contributed by atoms with van der Waals surface area (Å²) in [5.74, 6) is -1.69. The summed E-state index contributed by atoms with van der Waals surface area (Å²) in [5, 5.41) is 7.93. The summed E-state index contributed by atoms with van der Waals surface area (Å²) in [6, 6.07) is 10.7. The van der Waals surface area contributed by atoms with Crippen LogP contribution in [0.2, 0.25) is 0 Å². The first-order valence-corrected chi connectivity index (χ1v) is 8.56. The highest BCUT2D eigenvalue weighted by Gasteiger charge is 2.09. The van der Waals surface area contributed by atoms with Gasteiger partial charge in [-0.1, -0.05) is 0 Å². The number of benzene rings is 2. The van der Waals surface area contributed by atoms with E-state index in [0.717, 1.165) is 12.1 Å². The molecule has 0 amide bonds. The molecule has 0 spiro atoms. The number of sulfonamides is 1. The van der Waals surface area contributed by atoms with E-state index in [1.165, 1.54) is 36.5 Å². The van der Waals surface area contributed by atoms with E-state index in [9.17, 15) is 17.2 Å². The Hall–Kier alpha value is -2.91. The summed E-state index contributed by atoms with van der Waals surface area (Å²) >= 11 is 0. The largest absolute Gasteiger partial charge is 0.324 e. The van der Waals surface area contributed by atoms with Crippen LogP contribution in [0.25, 0.3) is 11.3 Å². The second-order valence-corrected chi connectivity index (χ2v) is 6.65. The van der Waals surface area contributed by atoms with Gasteiger partial charge in [0, 0.05) is 17.4 Å². The van der Waals surface area contributed by atoms with Crippen molar-refractivity contribution in [2.75, 3.05) is 5.32 Å². The highest BCUT2D eigenvalue weighted by Crippen LogP contribution is 2.22. The molecule has 0 fully saturated rings. The average molecular weight is 362 g/mol. The summed E-state index contributed by atoms with van der Waals surface area (Å²) in [6.07, 6.45) is 1.46. The predicted molar refractivity (Wildman–Crippen MR) is 88.5 cm³/mol. The summed E-state index contributed by atoms with van der Waals surface area (Å²) in [4.78, 5) is 8.25. The summed E-state index contributed by atoms with van der Waals surface area (Å²) in [7, 11) is -3.77. The van der Waals surface area contributed by atoms with E-state index >= 15 is 0 Å². The first-order valence-electron chi connectivity index (χ1n) is 7.01. The minimum absolute atomic E-state index is 0.0190. The predicted octanol–water partition coefficient (Wildman–Crippen LogP) is 2.81. The van der Waals surface area contributed by atoms with Crippen LogP contribution in [-0.2, 0) is 10.0 Å². The van der Waals surface area contributed by atoms with E-state index < -0.39 is 21.7 Å². The summed E-state index contributed by atoms with van der Waals surface area (Å²) in [6.45, 7) is 0. The number of nitrogens with zero attached hydrogens (tertiary/aromatic N) is 2. The number of nitrogens with two attached hydrogens (primary N) is 1. The molecule has 0 aliphatic carbocycles. The van der Waals surface area contributed by atoms with Crippen LogP contribution in [0.1, 0.15) is 0 Å². The van der Waals surface area contributed by atoms with Gasteiger partial charge in [-0.05, 0) is 48.5 Å². The van der Waals surface area contributed by atoms with Gasteiger partial charge in [-0.2, -0.15) is 0 Å². The van der Waals surface area contributed by atoms with Crippen molar-refractivity contribution in [3.8, 4) is 11.3 Å². The standard InChI is InChI=1S/C16H12F2N4O2S/c17-13-6-1-10(9-14(13)18)15-7-8-20-16(22-15)21-11-2-4-12(5-3-11)25(19,23)24/h1-9H,(H2,19,23,24)(H,20,21,22). The van der Waals surface area contributed by atoms with Gasteiger partial charge in [0.15, 0.2) is 11.6 Å². The van der Waals surface area contributed by atoms with Gasteiger partial charge >= 0.3 is 0 Å². The molecular formula is C16H12F2N4O2S. The van der Waals surface area contributed by atoms with Crippen LogP contribution in [0.5, 0.6) is 0 Å². The third kappa shape index (κ3) is 3.95. The maximum absolute atomic E-state index is 13.4. The maximum Gasteiger partial charge on any atom is 0.238 e. The van der Waals surface area contributed by atoms with E-state index in [4.69, 9.17) is 5.14 Å². The lowest BCUT2D eigenvalue weighted by atomic mass is 10.1. The third-order valence-corrected chi connectivity index (χ3v) is 4.24. The highest BCUT2D eigenvalue weighted by atomic mass is 32.2. The highest BCUT2D eigenvalue weighted by molar-refractivity contribution is 7.89. The second kappa shape index (κ2) is 6.54. The van der Waals surface area contributed by atoms with Crippen LogP contribution in [0.3, 0.4) is 0 Å². The quantitative estimate of drug-likeness (QED) is 0.744. The van der Waals surface area contributed by atoms with E-state index in [0.29, 0.717) is 16.9 Å². The molecule has 0 saturated heterocycles. The monoisotopic (exact) mass is 362 g/mol. The SMILES string of the molecule is NS(=O)(=O)c1ccc(Nc2nccc(-c3ccc(F)c(F)c3)n2)cc1. The van der Waals surface area contributed by atoms with E-state index in [1.807, 2.05) is 0 Å². The van der Waals surface area contributed by atoms with Gasteiger partial charge < -0.3 is 5.32 Å². The van der Waals surface area contributed by atoms with Crippen LogP contribution in [0.4, 0.5) is 20.4 Å². The summed E-state index contributed by atoms with van der Waals surface area (Å²) < 4.78 is 48.8. The Morgan fingerprint density at radius 2 is 1.68 bits per heavy atom. The Balaban J connectivity index is 1.85. The molecule has 2 aromatic carbocycles. The van der Waals surface area contributed by atoms with Gasteiger partial charge in [0.05, 0.1) is 10.6 Å². The number of rotatable bonds is 4. The van der Waals surface area contributed by atoms with Crippen LogP contribution in [-0.4, -0.2) is 18.4 Å². The van der Waals surface area contributed by atoms with Crippen molar-refractivity contribution in [2.45, 2.75) is 4.90 Å². The van der Waals surface area contributed by atoms with Crippen LogP contribution in [0, 0.1) is 11.6 Å². The number of nitrogens with one attached hydrogen (secondary N) is 1. The molecule has 3 N–H and O–H groups in total. The zero-order chi connectivity index (χ0) is 18.0. The molecule has 3 rings (SSSR count). The number of hydrogen-bond donors (Lipinski definition) is 2. The molecule has 0 aliphatic heterocycles. The van der Waals surface area contributed by atoms with E-state index in [1.54, 1.807) is 6.07 Å². The normalized spacial score (nSPS) is 11.3. The number of hydrogen-bond acceptors (Lipinski definition) is 5. The van der Waals surface area contributed by atoms with Crippen molar-refractivity contribution in [3.05, 3.63) is 66.4 Å². The molecule has 1 heterocycles. The van der Waals surface area contributed by atoms with E-state index in [2.05, 4.69) is 15.3 Å². The van der Waals surface area contributed by atoms with Gasteiger partial charge in [-0.15, -0.1) is 0 Å². The third-order valence-electron chi connectivity index (χ3n) is 3.31. The molecule has 6 nitrogen and oxygen atoms in total. The Morgan fingerprint density at radius 3 is 2.32 bits per heavy atom. The molecular weight excluding hydrogens is 350 g/mol. The topological polar surface area (TPSA) is 98.0 Å². The van der Waals surface area contributed by atoms with Crippen LogP contribution >= 0.6 is 0 Å². The zero-order valence-corrected chi connectivity index (χ0v) is 13.5. The molecule has 0 saturated carbocycles. The molecule has 25 heavy (non-hydrogen) atoms. The lowest BCUT2D eigenvalue weighted by molar-refractivity contribution is 0.509. The van der Waals surface area contributed by atoms with Gasteiger partial charge in [0.2, 0.25) is 16.0 Å². The number of aromatic nitrogens is 2. The minimum Gasteiger partial charge on any atom is -0.324 e. The van der Waals surface area contributed by atoms with Crippen LogP contribution < -0.4 is 10.5 Å². The van der Waals surface area contributed by atoms with Gasteiger partial charge in [-0.3, -0.25) is 0 Å². The lowest BCUT2D eigenvalue weighted by Crippen LogP contribution is -2.11. The van der Waals surface area contributed by atoms with Gasteiger partial charge in [-0.25, -0.2) is 32.3 Å². The number of halogens is 2. The molecule has 0 atom stereocenters. The Morgan fingerprint density at radius 1 is 0.960 bits per heavy atom. The molecule has 0 unspecified atom stereocenters. The lowest BCUT2D eigenvalue weighted by Gasteiger charge is -2.07. The van der Waals surface area contributed by atoms with Crippen molar-refractivity contribution in [1.29, 1.82) is 0 Å². The number of primary sulfonamides is 1.